The number of piperidine rings is 1. The smallest absolute Gasteiger partial charge is 0.229 e. The maximum atomic E-state index is 13.3. The summed E-state index contributed by atoms with van der Waals surface area (Å²) in [5.41, 5.74) is 1.69. The van der Waals surface area contributed by atoms with Crippen molar-refractivity contribution in [2.24, 2.45) is 11.8 Å². The Kier molecular flexibility index (Phi) is 10.7. The molecule has 2 aliphatic rings. The molecular formula is C31H45N3O4S. The summed E-state index contributed by atoms with van der Waals surface area (Å²) in [7, 11) is -3.34. The zero-order valence-electron chi connectivity index (χ0n) is 23.5. The van der Waals surface area contributed by atoms with Gasteiger partial charge in [-0.15, -0.1) is 0 Å². The number of carbonyl (C=O) groups is 1. The van der Waals surface area contributed by atoms with E-state index in [-0.39, 0.29) is 12.0 Å². The highest BCUT2D eigenvalue weighted by Crippen LogP contribution is 2.33. The van der Waals surface area contributed by atoms with Gasteiger partial charge in [-0.1, -0.05) is 57.2 Å². The molecule has 7 nitrogen and oxygen atoms in total. The molecule has 1 saturated heterocycles. The molecule has 4 rings (SSSR count). The number of hydrogen-bond acceptors (Lipinski definition) is 5. The minimum absolute atomic E-state index is 0.197. The van der Waals surface area contributed by atoms with Gasteiger partial charge in [0.05, 0.1) is 11.9 Å². The van der Waals surface area contributed by atoms with Gasteiger partial charge in [-0.2, -0.15) is 0 Å². The van der Waals surface area contributed by atoms with Crippen LogP contribution in [0.5, 0.6) is 11.5 Å². The van der Waals surface area contributed by atoms with E-state index in [9.17, 15) is 13.2 Å². The van der Waals surface area contributed by atoms with Gasteiger partial charge < -0.3 is 10.1 Å². The van der Waals surface area contributed by atoms with Gasteiger partial charge in [0.2, 0.25) is 15.9 Å². The number of amides is 1. The van der Waals surface area contributed by atoms with Crippen LogP contribution in [-0.2, 0) is 21.4 Å². The zero-order chi connectivity index (χ0) is 27.7. The van der Waals surface area contributed by atoms with Gasteiger partial charge in [-0.05, 0) is 67.9 Å². The van der Waals surface area contributed by atoms with Crippen LogP contribution in [0.1, 0.15) is 76.7 Å². The van der Waals surface area contributed by atoms with E-state index in [1.807, 2.05) is 12.1 Å². The molecule has 1 unspecified atom stereocenters. The average molecular weight is 556 g/mol. The van der Waals surface area contributed by atoms with Crippen molar-refractivity contribution in [2.75, 3.05) is 24.1 Å². The van der Waals surface area contributed by atoms with E-state index in [2.05, 4.69) is 34.0 Å². The lowest BCUT2D eigenvalue weighted by atomic mass is 9.77. The molecular weight excluding hydrogens is 510 g/mol. The van der Waals surface area contributed by atoms with Gasteiger partial charge in [-0.25, -0.2) is 8.42 Å². The number of nitrogens with zero attached hydrogens (tertiary/aromatic N) is 1. The summed E-state index contributed by atoms with van der Waals surface area (Å²) in [4.78, 5) is 15.7. The molecule has 0 bridgehead atoms. The zero-order valence-corrected chi connectivity index (χ0v) is 24.3. The fourth-order valence-electron chi connectivity index (χ4n) is 5.98. The minimum Gasteiger partial charge on any atom is -0.457 e. The fourth-order valence-corrected chi connectivity index (χ4v) is 6.53. The van der Waals surface area contributed by atoms with Crippen molar-refractivity contribution < 1.29 is 17.9 Å². The maximum absolute atomic E-state index is 13.3. The molecule has 8 heteroatoms. The topological polar surface area (TPSA) is 87.7 Å². The number of nitrogens with one attached hydrogen (secondary N) is 2. The molecule has 0 spiro atoms. The quantitative estimate of drug-likeness (QED) is 0.320. The van der Waals surface area contributed by atoms with E-state index in [0.29, 0.717) is 29.0 Å². The molecule has 1 amide bonds. The fraction of sp³-hybridized carbons (Fsp3) is 0.581. The van der Waals surface area contributed by atoms with Crippen LogP contribution in [0.4, 0.5) is 5.69 Å². The summed E-state index contributed by atoms with van der Waals surface area (Å²) in [6.07, 6.45) is 12.8. The summed E-state index contributed by atoms with van der Waals surface area (Å²) < 4.78 is 31.4. The maximum Gasteiger partial charge on any atom is 0.229 e. The van der Waals surface area contributed by atoms with Gasteiger partial charge >= 0.3 is 0 Å². The van der Waals surface area contributed by atoms with Crippen LogP contribution in [0.3, 0.4) is 0 Å². The highest BCUT2D eigenvalue weighted by atomic mass is 32.2. The van der Waals surface area contributed by atoms with Gasteiger partial charge in [0.15, 0.2) is 0 Å². The molecule has 1 aliphatic carbocycles. The third-order valence-electron chi connectivity index (χ3n) is 8.06. The number of hydrogen-bond donors (Lipinski definition) is 2. The standard InChI is InChI=1S/C31H45N3O4S/c1-3-4-13-30(25-9-6-5-7-10-25)31(35)32-26-18-20-34(21-19-26)23-24-14-16-28(17-15-24)38-29-12-8-11-27(22-29)33-39(2,36)37/h8,11-12,14-17,22,25-26,30,33H,3-7,9-10,13,18-21,23H2,1-2H3,(H,32,35). The third-order valence-corrected chi connectivity index (χ3v) is 8.67. The first-order valence-electron chi connectivity index (χ1n) is 14.7. The Morgan fingerprint density at radius 3 is 2.38 bits per heavy atom. The molecule has 1 heterocycles. The number of benzene rings is 2. The molecule has 0 aromatic heterocycles. The van der Waals surface area contributed by atoms with Gasteiger partial charge in [0, 0.05) is 37.7 Å². The van der Waals surface area contributed by atoms with E-state index in [1.54, 1.807) is 24.3 Å². The Morgan fingerprint density at radius 2 is 1.72 bits per heavy atom. The number of carbonyl (C=O) groups excluding carboxylic acids is 1. The number of anilines is 1. The van der Waals surface area contributed by atoms with E-state index < -0.39 is 10.0 Å². The molecule has 1 saturated carbocycles. The van der Waals surface area contributed by atoms with Crippen LogP contribution >= 0.6 is 0 Å². The number of unbranched alkanes of at least 4 members (excludes halogenated alkanes) is 1. The highest BCUT2D eigenvalue weighted by molar-refractivity contribution is 7.92. The van der Waals surface area contributed by atoms with Crippen molar-refractivity contribution >= 4 is 21.6 Å². The molecule has 2 aromatic rings. The SMILES string of the molecule is CCCCC(C(=O)NC1CCN(Cc2ccc(Oc3cccc(NS(C)(=O)=O)c3)cc2)CC1)C1CCCCC1. The number of sulfonamides is 1. The van der Waals surface area contributed by atoms with E-state index in [0.717, 1.165) is 58.0 Å². The molecule has 2 fully saturated rings. The summed E-state index contributed by atoms with van der Waals surface area (Å²) >= 11 is 0. The van der Waals surface area contributed by atoms with Crippen molar-refractivity contribution in [3.8, 4) is 11.5 Å². The van der Waals surface area contributed by atoms with E-state index >= 15 is 0 Å². The van der Waals surface area contributed by atoms with E-state index in [4.69, 9.17) is 4.74 Å². The summed E-state index contributed by atoms with van der Waals surface area (Å²) in [6.45, 7) is 5.04. The molecule has 39 heavy (non-hydrogen) atoms. The Bertz CT molecular complexity index is 1150. The Morgan fingerprint density at radius 1 is 1.00 bits per heavy atom. The van der Waals surface area contributed by atoms with Crippen LogP contribution in [0.25, 0.3) is 0 Å². The summed E-state index contributed by atoms with van der Waals surface area (Å²) in [6, 6.07) is 15.2. The summed E-state index contributed by atoms with van der Waals surface area (Å²) in [5, 5.41) is 3.44. The van der Waals surface area contributed by atoms with Crippen molar-refractivity contribution in [1.82, 2.24) is 10.2 Å². The second-order valence-electron chi connectivity index (χ2n) is 11.4. The van der Waals surface area contributed by atoms with Gasteiger partial charge in [0.1, 0.15) is 11.5 Å². The first kappa shape index (κ1) is 29.4. The molecule has 1 aliphatic heterocycles. The lowest BCUT2D eigenvalue weighted by molar-refractivity contribution is -0.128. The lowest BCUT2D eigenvalue weighted by Gasteiger charge is -2.35. The minimum atomic E-state index is -3.34. The number of likely N-dealkylation sites (tertiary alicyclic amines) is 1. The highest BCUT2D eigenvalue weighted by Gasteiger charge is 2.31. The Hall–Kier alpha value is -2.58. The normalized spacial score (nSPS) is 18.4. The second kappa shape index (κ2) is 14.2. The van der Waals surface area contributed by atoms with Crippen LogP contribution in [-0.4, -0.2) is 44.6 Å². The average Bonchev–Trinajstić information content (AvgIpc) is 2.91. The molecule has 2 N–H and O–H groups in total. The summed E-state index contributed by atoms with van der Waals surface area (Å²) in [5.74, 6) is 2.35. The molecule has 1 atom stereocenters. The van der Waals surface area contributed by atoms with Crippen LogP contribution in [0, 0.1) is 11.8 Å². The first-order valence-corrected chi connectivity index (χ1v) is 16.6. The predicted octanol–water partition coefficient (Wildman–Crippen LogP) is 6.32. The Labute approximate surface area is 234 Å². The third kappa shape index (κ3) is 9.53. The molecule has 214 valence electrons. The lowest BCUT2D eigenvalue weighted by Crippen LogP contribution is -2.47. The van der Waals surface area contributed by atoms with Crippen LogP contribution in [0.15, 0.2) is 48.5 Å². The van der Waals surface area contributed by atoms with Crippen LogP contribution < -0.4 is 14.8 Å². The predicted molar refractivity (Wildman–Crippen MR) is 157 cm³/mol. The monoisotopic (exact) mass is 555 g/mol. The largest absolute Gasteiger partial charge is 0.457 e. The second-order valence-corrected chi connectivity index (χ2v) is 13.1. The van der Waals surface area contributed by atoms with Crippen molar-refractivity contribution in [2.45, 2.75) is 83.7 Å². The van der Waals surface area contributed by atoms with Crippen LogP contribution in [0.2, 0.25) is 0 Å². The number of rotatable bonds is 12. The van der Waals surface area contributed by atoms with Crippen molar-refractivity contribution in [1.29, 1.82) is 0 Å². The van der Waals surface area contributed by atoms with Gasteiger partial charge in [0.25, 0.3) is 0 Å². The van der Waals surface area contributed by atoms with Crippen molar-refractivity contribution in [3.05, 3.63) is 54.1 Å². The Balaban J connectivity index is 1.23. The van der Waals surface area contributed by atoms with Crippen molar-refractivity contribution in [3.63, 3.8) is 0 Å². The number of ether oxygens (including phenoxy) is 1. The van der Waals surface area contributed by atoms with E-state index in [1.165, 1.54) is 37.7 Å². The molecule has 0 radical (unpaired) electrons. The first-order chi connectivity index (χ1) is 18.8. The molecule has 2 aromatic carbocycles. The van der Waals surface area contributed by atoms with Gasteiger partial charge in [-0.3, -0.25) is 14.4 Å².